The van der Waals surface area contributed by atoms with Gasteiger partial charge in [0.05, 0.1) is 6.54 Å². The first-order valence-corrected chi connectivity index (χ1v) is 8.11. The highest BCUT2D eigenvalue weighted by atomic mass is 32.2. The molecule has 1 aromatic heterocycles. The van der Waals surface area contributed by atoms with Crippen LogP contribution in [-0.2, 0) is 12.1 Å². The molecule has 2 rings (SSSR count). The van der Waals surface area contributed by atoms with Gasteiger partial charge in [-0.3, -0.25) is 0 Å². The summed E-state index contributed by atoms with van der Waals surface area (Å²) in [6.07, 6.45) is 4.47. The molecule has 4 nitrogen and oxygen atoms in total. The first kappa shape index (κ1) is 17.8. The van der Waals surface area contributed by atoms with Gasteiger partial charge in [-0.1, -0.05) is 0 Å². The number of hydrogen-bond donors (Lipinski definition) is 1. The molecule has 1 atom stereocenters. The molecular formula is C15H18F3N3OS. The average Bonchev–Trinajstić information content (AvgIpc) is 3.01. The molecule has 0 aliphatic heterocycles. The summed E-state index contributed by atoms with van der Waals surface area (Å²) in [5.74, 6) is -4.18. The number of benzene rings is 1. The van der Waals surface area contributed by atoms with Crippen LogP contribution in [0.2, 0.25) is 0 Å². The molecule has 23 heavy (non-hydrogen) atoms. The molecule has 126 valence electrons. The third-order valence-corrected chi connectivity index (χ3v) is 5.57. The molecule has 1 heterocycles. The lowest BCUT2D eigenvalue weighted by Crippen LogP contribution is -2.49. The molecule has 0 bridgehead atoms. The zero-order valence-corrected chi connectivity index (χ0v) is 14.1. The molecule has 2 aromatic rings. The van der Waals surface area contributed by atoms with E-state index in [0.29, 0.717) is 0 Å². The SMILES string of the molecule is CSC(C)(C)C(O)(Cn1cncn1)c1cc(F)c(F)c(F)c1C. The fraction of sp³-hybridized carbons (Fsp3) is 0.467. The van der Waals surface area contributed by atoms with E-state index in [0.717, 1.165) is 6.07 Å². The van der Waals surface area contributed by atoms with E-state index in [2.05, 4.69) is 10.1 Å². The number of aromatic nitrogens is 3. The van der Waals surface area contributed by atoms with Gasteiger partial charge in [0.25, 0.3) is 0 Å². The molecule has 8 heteroatoms. The molecule has 1 N–H and O–H groups in total. The zero-order valence-electron chi connectivity index (χ0n) is 13.3. The number of nitrogens with zero attached hydrogens (tertiary/aromatic N) is 3. The van der Waals surface area contributed by atoms with E-state index >= 15 is 0 Å². The zero-order chi connectivity index (χ0) is 17.4. The van der Waals surface area contributed by atoms with Gasteiger partial charge in [0, 0.05) is 4.75 Å². The van der Waals surface area contributed by atoms with Crippen LogP contribution in [0.3, 0.4) is 0 Å². The molecule has 0 spiro atoms. The van der Waals surface area contributed by atoms with Gasteiger partial charge in [-0.15, -0.1) is 0 Å². The monoisotopic (exact) mass is 345 g/mol. The lowest BCUT2D eigenvalue weighted by Gasteiger charge is -2.42. The highest BCUT2D eigenvalue weighted by Crippen LogP contribution is 2.44. The Bertz CT molecular complexity index is 706. The van der Waals surface area contributed by atoms with Crippen molar-refractivity contribution in [2.75, 3.05) is 6.26 Å². The maximum Gasteiger partial charge on any atom is 0.194 e. The largest absolute Gasteiger partial charge is 0.382 e. The summed E-state index contributed by atoms with van der Waals surface area (Å²) in [6, 6.07) is 0.850. The van der Waals surface area contributed by atoms with Crippen molar-refractivity contribution in [3.8, 4) is 0 Å². The Balaban J connectivity index is 2.68. The summed E-state index contributed by atoms with van der Waals surface area (Å²) in [5.41, 5.74) is -1.84. The number of aliphatic hydroxyl groups is 1. The van der Waals surface area contributed by atoms with Crippen molar-refractivity contribution in [1.29, 1.82) is 0 Å². The van der Waals surface area contributed by atoms with Crippen molar-refractivity contribution in [1.82, 2.24) is 14.8 Å². The normalized spacial score (nSPS) is 14.8. The predicted molar refractivity (Wildman–Crippen MR) is 82.6 cm³/mol. The molecule has 0 fully saturated rings. The fourth-order valence-electron chi connectivity index (χ4n) is 2.43. The van der Waals surface area contributed by atoms with Crippen molar-refractivity contribution >= 4 is 11.8 Å². The van der Waals surface area contributed by atoms with Crippen LogP contribution < -0.4 is 0 Å². The highest BCUT2D eigenvalue weighted by molar-refractivity contribution is 8.00. The van der Waals surface area contributed by atoms with Crippen LogP contribution in [0.25, 0.3) is 0 Å². The second-order valence-electron chi connectivity index (χ2n) is 5.83. The highest BCUT2D eigenvalue weighted by Gasteiger charge is 2.47. The summed E-state index contributed by atoms with van der Waals surface area (Å²) < 4.78 is 41.7. The van der Waals surface area contributed by atoms with Crippen molar-refractivity contribution < 1.29 is 18.3 Å². The van der Waals surface area contributed by atoms with E-state index in [4.69, 9.17) is 0 Å². The number of rotatable bonds is 5. The van der Waals surface area contributed by atoms with E-state index in [9.17, 15) is 18.3 Å². The van der Waals surface area contributed by atoms with Gasteiger partial charge in [0.2, 0.25) is 0 Å². The van der Waals surface area contributed by atoms with Crippen LogP contribution in [0.15, 0.2) is 18.7 Å². The Morgan fingerprint density at radius 2 is 1.91 bits per heavy atom. The van der Waals surface area contributed by atoms with Crippen LogP contribution in [0, 0.1) is 24.4 Å². The quantitative estimate of drug-likeness (QED) is 0.847. The second-order valence-corrected chi connectivity index (χ2v) is 7.26. The van der Waals surface area contributed by atoms with E-state index in [1.165, 1.54) is 36.0 Å². The van der Waals surface area contributed by atoms with Gasteiger partial charge in [-0.05, 0) is 44.2 Å². The predicted octanol–water partition coefficient (Wildman–Crippen LogP) is 3.03. The van der Waals surface area contributed by atoms with Gasteiger partial charge in [-0.25, -0.2) is 22.8 Å². The number of thioether (sulfide) groups is 1. The van der Waals surface area contributed by atoms with Crippen LogP contribution in [0.1, 0.15) is 25.0 Å². The van der Waals surface area contributed by atoms with Gasteiger partial charge in [0.1, 0.15) is 18.3 Å². The number of hydrogen-bond acceptors (Lipinski definition) is 4. The Kier molecular flexibility index (Phi) is 4.77. The van der Waals surface area contributed by atoms with E-state index in [1.807, 2.05) is 0 Å². The topological polar surface area (TPSA) is 50.9 Å². The lowest BCUT2D eigenvalue weighted by molar-refractivity contribution is -0.0149. The van der Waals surface area contributed by atoms with Crippen LogP contribution in [0.5, 0.6) is 0 Å². The lowest BCUT2D eigenvalue weighted by atomic mass is 9.80. The molecule has 0 aliphatic carbocycles. The second kappa shape index (κ2) is 6.16. The fourth-order valence-corrected chi connectivity index (χ4v) is 2.95. The molecular weight excluding hydrogens is 327 g/mol. The van der Waals surface area contributed by atoms with Crippen molar-refractivity contribution in [2.45, 2.75) is 37.7 Å². The molecule has 0 amide bonds. The van der Waals surface area contributed by atoms with Gasteiger partial charge < -0.3 is 5.11 Å². The molecule has 1 aromatic carbocycles. The van der Waals surface area contributed by atoms with Crippen LogP contribution >= 0.6 is 11.8 Å². The molecule has 0 saturated heterocycles. The summed E-state index contributed by atoms with van der Waals surface area (Å²) in [6.45, 7) is 4.72. The van der Waals surface area contributed by atoms with Gasteiger partial charge in [-0.2, -0.15) is 16.9 Å². The first-order chi connectivity index (χ1) is 10.6. The summed E-state index contributed by atoms with van der Waals surface area (Å²) in [4.78, 5) is 3.81. The summed E-state index contributed by atoms with van der Waals surface area (Å²) in [7, 11) is 0. The maximum atomic E-state index is 14.0. The summed E-state index contributed by atoms with van der Waals surface area (Å²) in [5, 5.41) is 15.3. The smallest absolute Gasteiger partial charge is 0.194 e. The van der Waals surface area contributed by atoms with Gasteiger partial charge in [0.15, 0.2) is 17.5 Å². The van der Waals surface area contributed by atoms with Crippen LogP contribution in [0.4, 0.5) is 13.2 Å². The third kappa shape index (κ3) is 2.97. The number of halogens is 3. The first-order valence-electron chi connectivity index (χ1n) is 6.88. The summed E-state index contributed by atoms with van der Waals surface area (Å²) >= 11 is 1.33. The maximum absolute atomic E-state index is 14.0. The van der Waals surface area contributed by atoms with E-state index in [1.54, 1.807) is 20.1 Å². The van der Waals surface area contributed by atoms with E-state index < -0.39 is 27.8 Å². The molecule has 0 radical (unpaired) electrons. The minimum Gasteiger partial charge on any atom is -0.382 e. The standard InChI is InChI=1S/C15H18F3N3OS/c1-9-10(5-11(16)13(18)12(9)17)15(22,14(2,3)23-4)6-21-8-19-7-20-21/h5,7-8,22H,6H2,1-4H3. The minimum atomic E-state index is -1.69. The van der Waals surface area contributed by atoms with Crippen molar-refractivity contribution in [3.05, 3.63) is 47.3 Å². The Morgan fingerprint density at radius 3 is 2.43 bits per heavy atom. The average molecular weight is 345 g/mol. The molecule has 0 saturated carbocycles. The molecule has 0 aliphatic rings. The van der Waals surface area contributed by atoms with Gasteiger partial charge >= 0.3 is 0 Å². The Morgan fingerprint density at radius 1 is 1.26 bits per heavy atom. The Hall–Kier alpha value is -1.54. The molecule has 1 unspecified atom stereocenters. The van der Waals surface area contributed by atoms with Crippen LogP contribution in [-0.4, -0.2) is 30.9 Å². The Labute approximate surface area is 136 Å². The van der Waals surface area contributed by atoms with E-state index in [-0.39, 0.29) is 17.7 Å². The van der Waals surface area contributed by atoms with Crippen molar-refractivity contribution in [3.63, 3.8) is 0 Å². The van der Waals surface area contributed by atoms with Crippen molar-refractivity contribution in [2.24, 2.45) is 0 Å². The minimum absolute atomic E-state index is 0.0104. The third-order valence-electron chi connectivity index (χ3n) is 4.22.